The molecule has 1 atom stereocenters. The van der Waals surface area contributed by atoms with Gasteiger partial charge in [0.05, 0.1) is 0 Å². The van der Waals surface area contributed by atoms with Crippen molar-refractivity contribution in [2.45, 2.75) is 18.9 Å². The molecule has 2 aromatic heterocycles. The number of piperidine rings is 1. The number of nitrogens with zero attached hydrogens (tertiary/aromatic N) is 4. The molecule has 7 heteroatoms. The number of nitrogens with one attached hydrogen (secondary N) is 1. The van der Waals surface area contributed by atoms with Crippen molar-refractivity contribution in [2.24, 2.45) is 0 Å². The van der Waals surface area contributed by atoms with Gasteiger partial charge in [-0.25, -0.2) is 9.67 Å². The topological polar surface area (TPSA) is 66.2 Å². The molecule has 0 aliphatic carbocycles. The van der Waals surface area contributed by atoms with Crippen LogP contribution in [0.4, 0.5) is 5.82 Å². The fourth-order valence-electron chi connectivity index (χ4n) is 3.29. The number of hydrogen-bond donors (Lipinski definition) is 2. The Morgan fingerprint density at radius 2 is 2.16 bits per heavy atom. The zero-order valence-corrected chi connectivity index (χ0v) is 14.7. The summed E-state index contributed by atoms with van der Waals surface area (Å²) in [6, 6.07) is 9.34. The molecule has 0 bridgehead atoms. The van der Waals surface area contributed by atoms with Crippen molar-refractivity contribution >= 4 is 28.5 Å². The number of aromatic nitrogens is 3. The molecule has 1 aliphatic rings. The largest absolute Gasteiger partial charge is 0.506 e. The van der Waals surface area contributed by atoms with Crippen LogP contribution in [-0.4, -0.2) is 50.9 Å². The SMILES string of the molecule is CN1CCCC(Nc2ccc3cn(-c4ccc(Cl)cc4O)nc3n2)C1. The van der Waals surface area contributed by atoms with Crippen LogP contribution in [0.5, 0.6) is 5.75 Å². The van der Waals surface area contributed by atoms with E-state index in [9.17, 15) is 5.11 Å². The van der Waals surface area contributed by atoms with Crippen LogP contribution in [0, 0.1) is 0 Å². The second kappa shape index (κ2) is 6.54. The lowest BCUT2D eigenvalue weighted by atomic mass is 10.1. The first kappa shape index (κ1) is 16.2. The number of likely N-dealkylation sites (tertiary alicyclic amines) is 1. The maximum atomic E-state index is 10.1. The normalized spacial score (nSPS) is 18.6. The van der Waals surface area contributed by atoms with Crippen LogP contribution >= 0.6 is 11.6 Å². The zero-order chi connectivity index (χ0) is 17.4. The van der Waals surface area contributed by atoms with Crippen molar-refractivity contribution < 1.29 is 5.11 Å². The zero-order valence-electron chi connectivity index (χ0n) is 14.0. The van der Waals surface area contributed by atoms with E-state index in [1.807, 2.05) is 18.3 Å². The molecule has 1 aliphatic heterocycles. The molecular formula is C18H20ClN5O. The van der Waals surface area contributed by atoms with Gasteiger partial charge < -0.3 is 15.3 Å². The van der Waals surface area contributed by atoms with Crippen molar-refractivity contribution in [1.29, 1.82) is 0 Å². The Hall–Kier alpha value is -2.31. The minimum absolute atomic E-state index is 0.0869. The standard InChI is InChI=1S/C18H20ClN5O/c1-23-8-2-3-14(11-23)20-17-7-4-12-10-24(22-18(12)21-17)15-6-5-13(19)9-16(15)25/h4-7,9-10,14,25H,2-3,8,11H2,1H3,(H,20,21,22). The van der Waals surface area contributed by atoms with E-state index in [2.05, 4.69) is 27.3 Å². The predicted octanol–water partition coefficient (Wildman–Crippen LogP) is 3.29. The van der Waals surface area contributed by atoms with Crippen LogP contribution in [0.15, 0.2) is 36.5 Å². The van der Waals surface area contributed by atoms with Gasteiger partial charge in [-0.1, -0.05) is 11.6 Å². The van der Waals surface area contributed by atoms with Gasteiger partial charge in [-0.05, 0) is 50.7 Å². The van der Waals surface area contributed by atoms with E-state index >= 15 is 0 Å². The molecule has 6 nitrogen and oxygen atoms in total. The fourth-order valence-corrected chi connectivity index (χ4v) is 3.46. The number of anilines is 1. The van der Waals surface area contributed by atoms with E-state index in [-0.39, 0.29) is 5.75 Å². The smallest absolute Gasteiger partial charge is 0.183 e. The Kier molecular flexibility index (Phi) is 4.23. The van der Waals surface area contributed by atoms with Gasteiger partial charge in [0.25, 0.3) is 0 Å². The van der Waals surface area contributed by atoms with Gasteiger partial charge in [-0.15, -0.1) is 5.10 Å². The van der Waals surface area contributed by atoms with Crippen molar-refractivity contribution in [3.8, 4) is 11.4 Å². The Morgan fingerprint density at radius 3 is 2.96 bits per heavy atom. The summed E-state index contributed by atoms with van der Waals surface area (Å²) in [6.07, 6.45) is 4.20. The van der Waals surface area contributed by atoms with Gasteiger partial charge in [0.1, 0.15) is 17.3 Å². The molecule has 1 saturated heterocycles. The summed E-state index contributed by atoms with van der Waals surface area (Å²) in [5, 5.41) is 19.5. The average molecular weight is 358 g/mol. The summed E-state index contributed by atoms with van der Waals surface area (Å²) in [5.74, 6) is 0.919. The molecule has 1 aromatic carbocycles. The molecule has 0 amide bonds. The highest BCUT2D eigenvalue weighted by molar-refractivity contribution is 6.30. The van der Waals surface area contributed by atoms with Crippen LogP contribution in [0.3, 0.4) is 0 Å². The monoisotopic (exact) mass is 357 g/mol. The quantitative estimate of drug-likeness (QED) is 0.753. The summed E-state index contributed by atoms with van der Waals surface area (Å²) in [6.45, 7) is 2.17. The van der Waals surface area contributed by atoms with Crippen molar-refractivity contribution in [3.05, 3.63) is 41.6 Å². The highest BCUT2D eigenvalue weighted by Gasteiger charge is 2.17. The third-order valence-corrected chi connectivity index (χ3v) is 4.77. The number of aromatic hydroxyl groups is 1. The highest BCUT2D eigenvalue weighted by atomic mass is 35.5. The van der Waals surface area contributed by atoms with Crippen molar-refractivity contribution in [3.63, 3.8) is 0 Å². The molecule has 4 rings (SSSR count). The second-order valence-corrected chi connectivity index (χ2v) is 7.00. The summed E-state index contributed by atoms with van der Waals surface area (Å²) in [7, 11) is 2.14. The number of rotatable bonds is 3. The minimum atomic E-state index is 0.0869. The molecular weight excluding hydrogens is 338 g/mol. The molecule has 3 heterocycles. The van der Waals surface area contributed by atoms with E-state index in [0.29, 0.717) is 22.4 Å². The van der Waals surface area contributed by atoms with E-state index in [1.165, 1.54) is 12.5 Å². The molecule has 0 radical (unpaired) electrons. The lowest BCUT2D eigenvalue weighted by molar-refractivity contribution is 0.261. The van der Waals surface area contributed by atoms with Gasteiger partial charge in [-0.2, -0.15) is 0 Å². The predicted molar refractivity (Wildman–Crippen MR) is 99.7 cm³/mol. The molecule has 0 saturated carbocycles. The minimum Gasteiger partial charge on any atom is -0.506 e. The summed E-state index contributed by atoms with van der Waals surface area (Å²) in [4.78, 5) is 6.95. The molecule has 2 N–H and O–H groups in total. The maximum Gasteiger partial charge on any atom is 0.183 e. The van der Waals surface area contributed by atoms with E-state index in [4.69, 9.17) is 11.6 Å². The van der Waals surface area contributed by atoms with E-state index < -0.39 is 0 Å². The van der Waals surface area contributed by atoms with Crippen molar-refractivity contribution in [2.75, 3.05) is 25.5 Å². The maximum absolute atomic E-state index is 10.1. The number of halogens is 1. The first-order valence-electron chi connectivity index (χ1n) is 8.39. The molecule has 1 fully saturated rings. The highest BCUT2D eigenvalue weighted by Crippen LogP contribution is 2.26. The molecule has 1 unspecified atom stereocenters. The third-order valence-electron chi connectivity index (χ3n) is 4.53. The summed E-state index contributed by atoms with van der Waals surface area (Å²) in [5.41, 5.74) is 1.22. The lowest BCUT2D eigenvalue weighted by Gasteiger charge is -2.30. The molecule has 130 valence electrons. The summed E-state index contributed by atoms with van der Waals surface area (Å²) < 4.78 is 1.63. The number of phenols is 1. The van der Waals surface area contributed by atoms with Gasteiger partial charge >= 0.3 is 0 Å². The van der Waals surface area contributed by atoms with Crippen LogP contribution in [0.25, 0.3) is 16.7 Å². The number of hydrogen-bond acceptors (Lipinski definition) is 5. The van der Waals surface area contributed by atoms with Crippen molar-refractivity contribution in [1.82, 2.24) is 19.7 Å². The number of pyridine rings is 1. The fraction of sp³-hybridized carbons (Fsp3) is 0.333. The summed E-state index contributed by atoms with van der Waals surface area (Å²) >= 11 is 5.89. The lowest BCUT2D eigenvalue weighted by Crippen LogP contribution is -2.39. The van der Waals surface area contributed by atoms with Gasteiger partial charge in [0.15, 0.2) is 5.65 Å². The molecule has 0 spiro atoms. The first-order chi connectivity index (χ1) is 12.1. The second-order valence-electron chi connectivity index (χ2n) is 6.56. The number of fused-ring (bicyclic) bond motifs is 1. The first-order valence-corrected chi connectivity index (χ1v) is 8.77. The Morgan fingerprint density at radius 1 is 1.28 bits per heavy atom. The number of benzene rings is 1. The van der Waals surface area contributed by atoms with Crippen LogP contribution in [-0.2, 0) is 0 Å². The van der Waals surface area contributed by atoms with Crippen LogP contribution < -0.4 is 5.32 Å². The Bertz CT molecular complexity index is 910. The van der Waals surface area contributed by atoms with Crippen LogP contribution in [0.2, 0.25) is 5.02 Å². The number of likely N-dealkylation sites (N-methyl/N-ethyl adjacent to an activating group) is 1. The molecule has 25 heavy (non-hydrogen) atoms. The average Bonchev–Trinajstić information content (AvgIpc) is 2.97. The third kappa shape index (κ3) is 3.41. The van der Waals surface area contributed by atoms with Crippen LogP contribution in [0.1, 0.15) is 12.8 Å². The van der Waals surface area contributed by atoms with E-state index in [0.717, 1.165) is 30.7 Å². The molecule has 3 aromatic rings. The van der Waals surface area contributed by atoms with Gasteiger partial charge in [-0.3, -0.25) is 0 Å². The Labute approximate surface area is 151 Å². The van der Waals surface area contributed by atoms with Gasteiger partial charge in [0, 0.05) is 35.3 Å². The Balaban J connectivity index is 1.61. The van der Waals surface area contributed by atoms with Gasteiger partial charge in [0.2, 0.25) is 0 Å². The number of phenolic OH excluding ortho intramolecular Hbond substituents is 1. The van der Waals surface area contributed by atoms with E-state index in [1.54, 1.807) is 16.8 Å².